The maximum Gasteiger partial charge on any atom is 0.266 e. The molecule has 0 bridgehead atoms. The van der Waals surface area contributed by atoms with Crippen LogP contribution in [0.1, 0.15) is 42.2 Å². The molecule has 0 saturated carbocycles. The second kappa shape index (κ2) is 8.64. The van der Waals surface area contributed by atoms with Crippen molar-refractivity contribution in [2.45, 2.75) is 13.5 Å². The molecule has 0 unspecified atom stereocenters. The van der Waals surface area contributed by atoms with Gasteiger partial charge in [-0.1, -0.05) is 48.0 Å². The van der Waals surface area contributed by atoms with Gasteiger partial charge in [-0.05, 0) is 42.8 Å². The average molecular weight is 440 g/mol. The number of benzene rings is 3. The molecule has 2 heterocycles. The normalized spacial score (nSPS) is 16.3. The van der Waals surface area contributed by atoms with E-state index >= 15 is 0 Å². The van der Waals surface area contributed by atoms with Gasteiger partial charge >= 0.3 is 0 Å². The second-order valence-corrected chi connectivity index (χ2v) is 8.60. The van der Waals surface area contributed by atoms with Crippen LogP contribution in [-0.4, -0.2) is 53.7 Å². The summed E-state index contributed by atoms with van der Waals surface area (Å²) >= 11 is 0. The Labute approximate surface area is 193 Å². The first-order valence-corrected chi connectivity index (χ1v) is 11.2. The van der Waals surface area contributed by atoms with Gasteiger partial charge < -0.3 is 4.90 Å². The molecule has 0 spiro atoms. The minimum Gasteiger partial charge on any atom is -0.336 e. The number of rotatable bonds is 4. The number of nitrogens with zero attached hydrogens (tertiary/aromatic N) is 3. The predicted molar refractivity (Wildman–Crippen MR) is 126 cm³/mol. The lowest BCUT2D eigenvalue weighted by Gasteiger charge is -2.35. The molecule has 2 aliphatic heterocycles. The highest BCUT2D eigenvalue weighted by molar-refractivity contribution is 6.34. The van der Waals surface area contributed by atoms with Crippen LogP contribution >= 0.6 is 0 Å². The first kappa shape index (κ1) is 21.1. The van der Waals surface area contributed by atoms with E-state index in [9.17, 15) is 14.4 Å². The molecule has 0 aliphatic carbocycles. The molecule has 3 aromatic rings. The smallest absolute Gasteiger partial charge is 0.266 e. The molecule has 0 N–H and O–H groups in total. The quantitative estimate of drug-likeness (QED) is 0.581. The fourth-order valence-corrected chi connectivity index (χ4v) is 4.45. The van der Waals surface area contributed by atoms with Crippen LogP contribution in [0.2, 0.25) is 0 Å². The molecular formula is C27H25N3O3. The van der Waals surface area contributed by atoms with Crippen molar-refractivity contribution in [2.75, 3.05) is 31.1 Å². The number of aryl methyl sites for hydroxylation is 1. The van der Waals surface area contributed by atoms with Gasteiger partial charge in [0, 0.05) is 38.3 Å². The van der Waals surface area contributed by atoms with Gasteiger partial charge in [0.1, 0.15) is 0 Å². The van der Waals surface area contributed by atoms with Crippen molar-refractivity contribution in [3.63, 3.8) is 0 Å². The summed E-state index contributed by atoms with van der Waals surface area (Å²) in [6, 6.07) is 22.1. The van der Waals surface area contributed by atoms with E-state index in [1.807, 2.05) is 4.90 Å². The third-order valence-corrected chi connectivity index (χ3v) is 6.33. The number of carbonyl (C=O) groups is 3. The lowest BCUT2D eigenvalue weighted by atomic mass is 10.1. The van der Waals surface area contributed by atoms with Crippen LogP contribution in [0.25, 0.3) is 0 Å². The minimum atomic E-state index is -0.357. The van der Waals surface area contributed by atoms with Crippen molar-refractivity contribution in [3.8, 4) is 0 Å². The zero-order valence-electron chi connectivity index (χ0n) is 18.5. The number of imide groups is 1. The van der Waals surface area contributed by atoms with Gasteiger partial charge in [0.2, 0.25) is 0 Å². The van der Waals surface area contributed by atoms with Crippen LogP contribution in [0.15, 0.2) is 72.8 Å². The van der Waals surface area contributed by atoms with Crippen LogP contribution in [0.4, 0.5) is 5.69 Å². The standard InChI is InChI=1S/C27H25N3O3/c1-19-9-11-20(12-10-19)18-28-13-15-29(16-14-28)25(31)21-5-4-6-22(17-21)30-26(32)23-7-2-3-8-24(23)27(30)33/h2-12,17H,13-16,18H2,1H3. The topological polar surface area (TPSA) is 60.9 Å². The van der Waals surface area contributed by atoms with Crippen molar-refractivity contribution in [1.29, 1.82) is 0 Å². The molecule has 6 heteroatoms. The van der Waals surface area contributed by atoms with E-state index in [-0.39, 0.29) is 17.7 Å². The Morgan fingerprint density at radius 2 is 1.42 bits per heavy atom. The fraction of sp³-hybridized carbons (Fsp3) is 0.222. The molecule has 33 heavy (non-hydrogen) atoms. The van der Waals surface area contributed by atoms with E-state index in [0.29, 0.717) is 35.5 Å². The molecule has 6 nitrogen and oxygen atoms in total. The van der Waals surface area contributed by atoms with Crippen LogP contribution in [0.5, 0.6) is 0 Å². The summed E-state index contributed by atoms with van der Waals surface area (Å²) in [6.45, 7) is 5.84. The van der Waals surface area contributed by atoms with Gasteiger partial charge in [0.25, 0.3) is 17.7 Å². The monoisotopic (exact) mass is 439 g/mol. The zero-order chi connectivity index (χ0) is 22.9. The molecular weight excluding hydrogens is 414 g/mol. The largest absolute Gasteiger partial charge is 0.336 e. The summed E-state index contributed by atoms with van der Waals surface area (Å²) in [5, 5.41) is 0. The van der Waals surface area contributed by atoms with E-state index in [1.165, 1.54) is 11.1 Å². The molecule has 1 fully saturated rings. The van der Waals surface area contributed by atoms with Crippen molar-refractivity contribution in [1.82, 2.24) is 9.80 Å². The van der Waals surface area contributed by atoms with Gasteiger partial charge in [-0.2, -0.15) is 0 Å². The van der Waals surface area contributed by atoms with E-state index in [4.69, 9.17) is 0 Å². The predicted octanol–water partition coefficient (Wildman–Crippen LogP) is 3.75. The Balaban J connectivity index is 1.26. The molecule has 5 rings (SSSR count). The number of amides is 3. The average Bonchev–Trinajstić information content (AvgIpc) is 3.11. The fourth-order valence-electron chi connectivity index (χ4n) is 4.45. The van der Waals surface area contributed by atoms with E-state index in [0.717, 1.165) is 24.5 Å². The SMILES string of the molecule is Cc1ccc(CN2CCN(C(=O)c3cccc(N4C(=O)c5ccccc5C4=O)c3)CC2)cc1. The van der Waals surface area contributed by atoms with E-state index in [2.05, 4.69) is 36.1 Å². The Bertz CT molecular complexity index is 1190. The zero-order valence-corrected chi connectivity index (χ0v) is 18.5. The van der Waals surface area contributed by atoms with Crippen molar-refractivity contribution in [2.24, 2.45) is 0 Å². The van der Waals surface area contributed by atoms with Crippen molar-refractivity contribution in [3.05, 3.63) is 101 Å². The van der Waals surface area contributed by atoms with Gasteiger partial charge in [-0.3, -0.25) is 19.3 Å². The maximum absolute atomic E-state index is 13.2. The Morgan fingerprint density at radius 1 is 0.788 bits per heavy atom. The molecule has 166 valence electrons. The highest BCUT2D eigenvalue weighted by atomic mass is 16.2. The Kier molecular flexibility index (Phi) is 5.52. The highest BCUT2D eigenvalue weighted by Crippen LogP contribution is 2.29. The van der Waals surface area contributed by atoms with Crippen LogP contribution in [-0.2, 0) is 6.54 Å². The summed E-state index contributed by atoms with van der Waals surface area (Å²) in [5.74, 6) is -0.793. The Morgan fingerprint density at radius 3 is 2.06 bits per heavy atom. The first-order chi connectivity index (χ1) is 16.0. The minimum absolute atomic E-state index is 0.0801. The molecule has 0 aromatic heterocycles. The van der Waals surface area contributed by atoms with Gasteiger partial charge in [-0.15, -0.1) is 0 Å². The summed E-state index contributed by atoms with van der Waals surface area (Å²) in [7, 11) is 0. The van der Waals surface area contributed by atoms with Gasteiger partial charge in [0.15, 0.2) is 0 Å². The number of carbonyl (C=O) groups excluding carboxylic acids is 3. The van der Waals surface area contributed by atoms with Crippen LogP contribution in [0.3, 0.4) is 0 Å². The molecule has 3 amide bonds. The summed E-state index contributed by atoms with van der Waals surface area (Å²) < 4.78 is 0. The first-order valence-electron chi connectivity index (χ1n) is 11.2. The summed E-state index contributed by atoms with van der Waals surface area (Å²) in [5.41, 5.74) is 4.21. The highest BCUT2D eigenvalue weighted by Gasteiger charge is 2.36. The molecule has 3 aromatic carbocycles. The summed E-state index contributed by atoms with van der Waals surface area (Å²) in [4.78, 5) is 44.1. The Hall–Kier alpha value is -3.77. The number of anilines is 1. The maximum atomic E-state index is 13.2. The molecule has 0 atom stereocenters. The number of fused-ring (bicyclic) bond motifs is 1. The van der Waals surface area contributed by atoms with Crippen LogP contribution in [0, 0.1) is 6.92 Å². The molecule has 1 saturated heterocycles. The van der Waals surface area contributed by atoms with Crippen LogP contribution < -0.4 is 4.90 Å². The van der Waals surface area contributed by atoms with Crippen molar-refractivity contribution < 1.29 is 14.4 Å². The third kappa shape index (κ3) is 4.05. The molecule has 0 radical (unpaired) electrons. The lowest BCUT2D eigenvalue weighted by Crippen LogP contribution is -2.48. The molecule has 2 aliphatic rings. The van der Waals surface area contributed by atoms with E-state index in [1.54, 1.807) is 48.5 Å². The van der Waals surface area contributed by atoms with Gasteiger partial charge in [0.05, 0.1) is 16.8 Å². The second-order valence-electron chi connectivity index (χ2n) is 8.60. The summed E-state index contributed by atoms with van der Waals surface area (Å²) in [6.07, 6.45) is 0. The van der Waals surface area contributed by atoms with E-state index < -0.39 is 0 Å². The van der Waals surface area contributed by atoms with Gasteiger partial charge in [-0.25, -0.2) is 4.90 Å². The number of piperazine rings is 1. The van der Waals surface area contributed by atoms with Crippen molar-refractivity contribution >= 4 is 23.4 Å². The lowest BCUT2D eigenvalue weighted by molar-refractivity contribution is 0.0628. The number of hydrogen-bond acceptors (Lipinski definition) is 4. The third-order valence-electron chi connectivity index (χ3n) is 6.33. The number of hydrogen-bond donors (Lipinski definition) is 0.